The van der Waals surface area contributed by atoms with Crippen LogP contribution < -0.4 is 10.6 Å². The zero-order chi connectivity index (χ0) is 13.4. The lowest BCUT2D eigenvalue weighted by Crippen LogP contribution is -2.41. The predicted molar refractivity (Wildman–Crippen MR) is 66.3 cm³/mol. The zero-order valence-electron chi connectivity index (χ0n) is 10.4. The summed E-state index contributed by atoms with van der Waals surface area (Å²) in [6.45, 7) is 4.17. The Morgan fingerprint density at radius 1 is 1.24 bits per heavy atom. The Hall–Kier alpha value is -1.11. The van der Waals surface area contributed by atoms with Gasteiger partial charge in [0.05, 0.1) is 0 Å². The van der Waals surface area contributed by atoms with Crippen molar-refractivity contribution in [1.82, 2.24) is 10.6 Å². The average Bonchev–Trinajstić information content (AvgIpc) is 2.21. The number of carboxylic acid groups (broad SMARTS) is 1. The third-order valence-electron chi connectivity index (χ3n) is 2.25. The number of hydrogen-bond acceptors (Lipinski definition) is 3. The maximum absolute atomic E-state index is 11.3. The summed E-state index contributed by atoms with van der Waals surface area (Å²) in [4.78, 5) is 21.7. The fraction of sp³-hybridized carbons (Fsp3) is 0.800. The van der Waals surface area contributed by atoms with Gasteiger partial charge in [0.15, 0.2) is 0 Å². The van der Waals surface area contributed by atoms with Crippen molar-refractivity contribution in [1.29, 1.82) is 0 Å². The molecule has 0 aliphatic heterocycles. The van der Waals surface area contributed by atoms with Crippen LogP contribution in [-0.4, -0.2) is 45.9 Å². The Balaban J connectivity index is 3.73. The summed E-state index contributed by atoms with van der Waals surface area (Å²) in [5.41, 5.74) is 0. The van der Waals surface area contributed by atoms with Gasteiger partial charge in [0, 0.05) is 41.8 Å². The van der Waals surface area contributed by atoms with E-state index in [0.29, 0.717) is 13.1 Å². The van der Waals surface area contributed by atoms with Crippen LogP contribution in [0.15, 0.2) is 0 Å². The zero-order valence-corrected chi connectivity index (χ0v) is 11.2. The molecule has 3 unspecified atom stereocenters. The van der Waals surface area contributed by atoms with Gasteiger partial charge in [0.25, 0.3) is 0 Å². The van der Waals surface area contributed by atoms with Crippen LogP contribution in [0, 0.1) is 5.92 Å². The van der Waals surface area contributed by atoms with E-state index in [2.05, 4.69) is 10.6 Å². The molecule has 0 bridgehead atoms. The third kappa shape index (κ3) is 8.67. The van der Waals surface area contributed by atoms with Crippen LogP contribution in [0.5, 0.6) is 0 Å². The summed E-state index contributed by atoms with van der Waals surface area (Å²) in [5.74, 6) is -0.995. The van der Waals surface area contributed by atoms with Crippen LogP contribution in [0.3, 0.4) is 0 Å². The quantitative estimate of drug-likeness (QED) is 0.610. The number of carboxylic acids is 1. The molecule has 0 aromatic rings. The van der Waals surface area contributed by atoms with Crippen molar-refractivity contribution in [2.75, 3.05) is 19.3 Å². The molecule has 0 heterocycles. The number of amides is 2. The fourth-order valence-corrected chi connectivity index (χ4v) is 1.37. The highest BCUT2D eigenvalue weighted by molar-refractivity contribution is 7.84. The molecule has 0 saturated heterocycles. The van der Waals surface area contributed by atoms with Crippen LogP contribution in [0.1, 0.15) is 20.3 Å². The molecule has 0 rings (SSSR count). The fourth-order valence-electron chi connectivity index (χ4n) is 1.05. The van der Waals surface area contributed by atoms with E-state index in [4.69, 9.17) is 5.11 Å². The summed E-state index contributed by atoms with van der Waals surface area (Å²) in [5, 5.41) is 13.6. The summed E-state index contributed by atoms with van der Waals surface area (Å²) < 4.78 is 11.0. The Morgan fingerprint density at radius 3 is 2.24 bits per heavy atom. The first-order valence-corrected chi connectivity index (χ1v) is 7.00. The van der Waals surface area contributed by atoms with Gasteiger partial charge in [-0.3, -0.25) is 9.00 Å². The van der Waals surface area contributed by atoms with Crippen molar-refractivity contribution in [2.24, 2.45) is 5.92 Å². The van der Waals surface area contributed by atoms with Crippen molar-refractivity contribution >= 4 is 22.8 Å². The molecule has 3 atom stereocenters. The SMILES string of the molecule is CC(CNC(=O)NCC(C)S(C)=O)CC(=O)O. The van der Waals surface area contributed by atoms with Gasteiger partial charge in [-0.25, -0.2) is 4.79 Å². The highest BCUT2D eigenvalue weighted by Crippen LogP contribution is 1.98. The van der Waals surface area contributed by atoms with E-state index < -0.39 is 16.8 Å². The second-order valence-electron chi connectivity index (χ2n) is 4.10. The van der Waals surface area contributed by atoms with Crippen molar-refractivity contribution < 1.29 is 18.9 Å². The minimum absolute atomic E-state index is 0.0235. The molecule has 17 heavy (non-hydrogen) atoms. The first-order valence-electron chi connectivity index (χ1n) is 5.38. The third-order valence-corrected chi connectivity index (χ3v) is 3.55. The molecule has 0 fully saturated rings. The summed E-state index contributed by atoms with van der Waals surface area (Å²) >= 11 is 0. The summed E-state index contributed by atoms with van der Waals surface area (Å²) in [7, 11) is -0.967. The average molecular weight is 264 g/mol. The number of urea groups is 1. The van der Waals surface area contributed by atoms with Crippen molar-refractivity contribution in [3.05, 3.63) is 0 Å². The molecule has 0 aliphatic carbocycles. The molecular formula is C10H20N2O4S. The van der Waals surface area contributed by atoms with Gasteiger partial charge >= 0.3 is 12.0 Å². The van der Waals surface area contributed by atoms with E-state index in [1.807, 2.05) is 0 Å². The van der Waals surface area contributed by atoms with Gasteiger partial charge in [-0.05, 0) is 12.8 Å². The molecule has 6 nitrogen and oxygen atoms in total. The van der Waals surface area contributed by atoms with Gasteiger partial charge in [-0.15, -0.1) is 0 Å². The molecule has 0 aliphatic rings. The molecule has 0 saturated carbocycles. The first-order chi connectivity index (χ1) is 7.82. The summed E-state index contributed by atoms with van der Waals surface area (Å²) in [6.07, 6.45) is 1.61. The number of aliphatic carboxylic acids is 1. The standard InChI is InChI=1S/C10H20N2O4S/c1-7(4-9(13)14)5-11-10(15)12-6-8(2)17(3)16/h7-8H,4-6H2,1-3H3,(H,13,14)(H2,11,12,15). The van der Waals surface area contributed by atoms with Gasteiger partial charge in [0.2, 0.25) is 0 Å². The normalized spacial score (nSPS) is 15.7. The smallest absolute Gasteiger partial charge is 0.314 e. The minimum atomic E-state index is -0.967. The van der Waals surface area contributed by atoms with Crippen molar-refractivity contribution in [3.63, 3.8) is 0 Å². The Bertz CT molecular complexity index is 296. The number of carbonyl (C=O) groups is 2. The van der Waals surface area contributed by atoms with Crippen LogP contribution >= 0.6 is 0 Å². The second kappa shape index (κ2) is 8.05. The van der Waals surface area contributed by atoms with Crippen LogP contribution in [-0.2, 0) is 15.6 Å². The van der Waals surface area contributed by atoms with Crippen molar-refractivity contribution in [3.8, 4) is 0 Å². The van der Waals surface area contributed by atoms with Crippen LogP contribution in [0.25, 0.3) is 0 Å². The maximum Gasteiger partial charge on any atom is 0.314 e. The van der Waals surface area contributed by atoms with Gasteiger partial charge in [-0.2, -0.15) is 0 Å². The molecule has 0 spiro atoms. The number of nitrogens with one attached hydrogen (secondary N) is 2. The molecule has 100 valence electrons. The number of carbonyl (C=O) groups excluding carboxylic acids is 1. The maximum atomic E-state index is 11.3. The van der Waals surface area contributed by atoms with Gasteiger partial charge in [-0.1, -0.05) is 6.92 Å². The topological polar surface area (TPSA) is 95.5 Å². The number of rotatable bonds is 7. The van der Waals surface area contributed by atoms with Crippen LogP contribution in [0.2, 0.25) is 0 Å². The largest absolute Gasteiger partial charge is 0.481 e. The lowest BCUT2D eigenvalue weighted by molar-refractivity contribution is -0.137. The molecule has 0 aromatic carbocycles. The molecule has 0 radical (unpaired) electrons. The van der Waals surface area contributed by atoms with E-state index in [0.717, 1.165) is 0 Å². The minimum Gasteiger partial charge on any atom is -0.481 e. The van der Waals surface area contributed by atoms with E-state index in [1.54, 1.807) is 20.1 Å². The highest BCUT2D eigenvalue weighted by Gasteiger charge is 2.11. The van der Waals surface area contributed by atoms with E-state index in [1.165, 1.54) is 0 Å². The van der Waals surface area contributed by atoms with E-state index >= 15 is 0 Å². The second-order valence-corrected chi connectivity index (χ2v) is 5.91. The Morgan fingerprint density at radius 2 is 1.76 bits per heavy atom. The highest BCUT2D eigenvalue weighted by atomic mass is 32.2. The lowest BCUT2D eigenvalue weighted by Gasteiger charge is -2.13. The molecule has 2 amide bonds. The first kappa shape index (κ1) is 15.9. The Kier molecular flexibility index (Phi) is 7.53. The van der Waals surface area contributed by atoms with Crippen LogP contribution in [0.4, 0.5) is 4.79 Å². The van der Waals surface area contributed by atoms with Gasteiger partial charge < -0.3 is 15.7 Å². The van der Waals surface area contributed by atoms with Crippen molar-refractivity contribution in [2.45, 2.75) is 25.5 Å². The Labute approximate surface area is 104 Å². The van der Waals surface area contributed by atoms with E-state index in [9.17, 15) is 13.8 Å². The van der Waals surface area contributed by atoms with Gasteiger partial charge in [0.1, 0.15) is 0 Å². The monoisotopic (exact) mass is 264 g/mol. The molecular weight excluding hydrogens is 244 g/mol. The lowest BCUT2D eigenvalue weighted by atomic mass is 10.1. The molecule has 7 heteroatoms. The number of hydrogen-bond donors (Lipinski definition) is 3. The summed E-state index contributed by atoms with van der Waals surface area (Å²) in [6, 6.07) is -0.362. The van der Waals surface area contributed by atoms with E-state index in [-0.39, 0.29) is 23.6 Å². The predicted octanol–water partition coefficient (Wildman–Crippen LogP) is 0.163. The molecule has 0 aromatic heterocycles. The molecule has 3 N–H and O–H groups in total.